The molecule has 146 valence electrons. The van der Waals surface area contributed by atoms with E-state index in [1.165, 1.54) is 12.1 Å². The van der Waals surface area contributed by atoms with Crippen molar-refractivity contribution in [3.63, 3.8) is 0 Å². The molecule has 7 heteroatoms. The second-order valence-electron chi connectivity index (χ2n) is 7.00. The van der Waals surface area contributed by atoms with Crippen molar-refractivity contribution in [2.75, 3.05) is 36.5 Å². The van der Waals surface area contributed by atoms with E-state index in [0.29, 0.717) is 10.8 Å². The summed E-state index contributed by atoms with van der Waals surface area (Å²) in [5.74, 6) is 0.334. The van der Waals surface area contributed by atoms with Crippen molar-refractivity contribution in [1.29, 1.82) is 0 Å². The molecule has 1 saturated heterocycles. The fraction of sp³-hybridized carbons (Fsp3) is 0.333. The lowest BCUT2D eigenvalue weighted by molar-refractivity contribution is 0.122. The molecule has 1 aromatic heterocycles. The quantitative estimate of drug-likeness (QED) is 0.685. The molecule has 3 aromatic rings. The zero-order chi connectivity index (χ0) is 19.7. The third-order valence-electron chi connectivity index (χ3n) is 5.11. The number of nitrogens with zero attached hydrogens (tertiary/aromatic N) is 3. The van der Waals surface area contributed by atoms with E-state index in [0.717, 1.165) is 54.0 Å². The second kappa shape index (κ2) is 7.89. The summed E-state index contributed by atoms with van der Waals surface area (Å²) in [4.78, 5) is 2.31. The van der Waals surface area contributed by atoms with Crippen LogP contribution in [0.15, 0.2) is 36.4 Å². The third-order valence-corrected chi connectivity index (χ3v) is 5.43. The van der Waals surface area contributed by atoms with Gasteiger partial charge in [0.1, 0.15) is 5.82 Å². The van der Waals surface area contributed by atoms with E-state index in [1.807, 2.05) is 13.8 Å². The van der Waals surface area contributed by atoms with Crippen molar-refractivity contribution in [3.8, 4) is 0 Å². The molecule has 0 radical (unpaired) electrons. The van der Waals surface area contributed by atoms with Crippen LogP contribution in [0.5, 0.6) is 0 Å². The molecule has 1 fully saturated rings. The van der Waals surface area contributed by atoms with Crippen molar-refractivity contribution in [2.24, 2.45) is 0 Å². The highest BCUT2D eigenvalue weighted by atomic mass is 35.5. The summed E-state index contributed by atoms with van der Waals surface area (Å²) >= 11 is 6.23. The third kappa shape index (κ3) is 3.75. The van der Waals surface area contributed by atoms with Crippen LogP contribution in [0.25, 0.3) is 10.8 Å². The number of halogens is 2. The van der Waals surface area contributed by atoms with Gasteiger partial charge in [0.05, 0.1) is 24.9 Å². The Labute approximate surface area is 168 Å². The fourth-order valence-corrected chi connectivity index (χ4v) is 3.87. The standard InChI is InChI=1S/C21H22ClFN4O/c1-13(18-5-3-15(23)11-20(18)22)24-21-19-12-16(27-7-9-28-10-8-27)4-6-17(19)14(2)25-26-21/h3-6,11-13H,7-10H2,1-2H3,(H,24,26)/t13-/m1/s1. The summed E-state index contributed by atoms with van der Waals surface area (Å²) in [6.45, 7) is 7.13. The summed E-state index contributed by atoms with van der Waals surface area (Å²) in [5.41, 5.74) is 2.82. The SMILES string of the molecule is Cc1nnc(N[C@H](C)c2ccc(F)cc2Cl)c2cc(N3CCOCC3)ccc12. The average Bonchev–Trinajstić information content (AvgIpc) is 2.70. The molecule has 28 heavy (non-hydrogen) atoms. The number of morpholine rings is 1. The van der Waals surface area contributed by atoms with Gasteiger partial charge in [0.25, 0.3) is 0 Å². The van der Waals surface area contributed by atoms with Gasteiger partial charge in [-0.1, -0.05) is 23.7 Å². The topological polar surface area (TPSA) is 50.3 Å². The Bertz CT molecular complexity index is 1010. The first-order valence-corrected chi connectivity index (χ1v) is 9.72. The van der Waals surface area contributed by atoms with E-state index in [-0.39, 0.29) is 11.9 Å². The molecule has 0 aliphatic carbocycles. The van der Waals surface area contributed by atoms with Gasteiger partial charge in [-0.25, -0.2) is 4.39 Å². The van der Waals surface area contributed by atoms with Crippen molar-refractivity contribution >= 4 is 33.9 Å². The molecule has 1 atom stereocenters. The van der Waals surface area contributed by atoms with Crippen LogP contribution in [0.2, 0.25) is 5.02 Å². The minimum Gasteiger partial charge on any atom is -0.378 e. The van der Waals surface area contributed by atoms with Gasteiger partial charge in [-0.2, -0.15) is 5.10 Å². The first kappa shape index (κ1) is 18.9. The van der Waals surface area contributed by atoms with Crippen LogP contribution >= 0.6 is 11.6 Å². The molecular weight excluding hydrogens is 379 g/mol. The number of anilines is 2. The maximum Gasteiger partial charge on any atom is 0.157 e. The molecule has 5 nitrogen and oxygen atoms in total. The molecule has 1 aliphatic heterocycles. The first-order valence-electron chi connectivity index (χ1n) is 9.34. The lowest BCUT2D eigenvalue weighted by Crippen LogP contribution is -2.36. The van der Waals surface area contributed by atoms with Gasteiger partial charge < -0.3 is 15.0 Å². The number of benzene rings is 2. The summed E-state index contributed by atoms with van der Waals surface area (Å²) in [6.07, 6.45) is 0. The largest absolute Gasteiger partial charge is 0.378 e. The summed E-state index contributed by atoms with van der Waals surface area (Å²) in [7, 11) is 0. The van der Waals surface area contributed by atoms with E-state index < -0.39 is 0 Å². The molecule has 0 unspecified atom stereocenters. The number of hydrogen-bond donors (Lipinski definition) is 1. The Morgan fingerprint density at radius 2 is 1.89 bits per heavy atom. The Hall–Kier alpha value is -2.44. The van der Waals surface area contributed by atoms with Gasteiger partial charge in [-0.05, 0) is 43.7 Å². The van der Waals surface area contributed by atoms with Crippen molar-refractivity contribution in [2.45, 2.75) is 19.9 Å². The number of aromatic nitrogens is 2. The Morgan fingerprint density at radius 1 is 1.11 bits per heavy atom. The molecule has 1 N–H and O–H groups in total. The highest BCUT2D eigenvalue weighted by Crippen LogP contribution is 2.32. The van der Waals surface area contributed by atoms with E-state index in [1.54, 1.807) is 6.07 Å². The van der Waals surface area contributed by atoms with Gasteiger partial charge in [-0.15, -0.1) is 5.10 Å². The van der Waals surface area contributed by atoms with Crippen molar-refractivity contribution < 1.29 is 9.13 Å². The van der Waals surface area contributed by atoms with Gasteiger partial charge in [0, 0.05) is 34.6 Å². The van der Waals surface area contributed by atoms with Crippen LogP contribution in [0.3, 0.4) is 0 Å². The molecule has 0 spiro atoms. The predicted molar refractivity (Wildman–Crippen MR) is 111 cm³/mol. The lowest BCUT2D eigenvalue weighted by Gasteiger charge is -2.29. The van der Waals surface area contributed by atoms with Crippen LogP contribution in [-0.4, -0.2) is 36.5 Å². The number of fused-ring (bicyclic) bond motifs is 1. The highest BCUT2D eigenvalue weighted by Gasteiger charge is 2.16. The number of aryl methyl sites for hydroxylation is 1. The number of rotatable bonds is 4. The minimum atomic E-state index is -0.350. The molecular formula is C21H22ClFN4O. The molecule has 0 saturated carbocycles. The first-order chi connectivity index (χ1) is 13.5. The van der Waals surface area contributed by atoms with Gasteiger partial charge in [0.15, 0.2) is 5.82 Å². The molecule has 1 aliphatic rings. The molecule has 4 rings (SSSR count). The fourth-order valence-electron chi connectivity index (χ4n) is 3.54. The zero-order valence-electron chi connectivity index (χ0n) is 15.9. The van der Waals surface area contributed by atoms with Gasteiger partial charge in [0.2, 0.25) is 0 Å². The smallest absolute Gasteiger partial charge is 0.157 e. The van der Waals surface area contributed by atoms with Crippen molar-refractivity contribution in [3.05, 3.63) is 58.5 Å². The van der Waals surface area contributed by atoms with Crippen LogP contribution in [-0.2, 0) is 4.74 Å². The Kier molecular flexibility index (Phi) is 5.33. The maximum atomic E-state index is 13.4. The van der Waals surface area contributed by atoms with E-state index in [9.17, 15) is 4.39 Å². The maximum absolute atomic E-state index is 13.4. The van der Waals surface area contributed by atoms with E-state index in [4.69, 9.17) is 16.3 Å². The van der Waals surface area contributed by atoms with Crippen LogP contribution in [0, 0.1) is 12.7 Å². The summed E-state index contributed by atoms with van der Waals surface area (Å²) < 4.78 is 18.8. The van der Waals surface area contributed by atoms with Gasteiger partial charge >= 0.3 is 0 Å². The Morgan fingerprint density at radius 3 is 2.64 bits per heavy atom. The number of nitrogens with one attached hydrogen (secondary N) is 1. The predicted octanol–water partition coefficient (Wildman–Crippen LogP) is 4.74. The lowest BCUT2D eigenvalue weighted by atomic mass is 10.1. The second-order valence-corrected chi connectivity index (χ2v) is 7.40. The molecule has 0 amide bonds. The minimum absolute atomic E-state index is 0.152. The summed E-state index contributed by atoms with van der Waals surface area (Å²) in [6, 6.07) is 10.6. The number of ether oxygens (including phenoxy) is 1. The normalized spacial score (nSPS) is 15.6. The van der Waals surface area contributed by atoms with Gasteiger partial charge in [-0.3, -0.25) is 0 Å². The average molecular weight is 401 g/mol. The van der Waals surface area contributed by atoms with E-state index in [2.05, 4.69) is 38.6 Å². The number of hydrogen-bond acceptors (Lipinski definition) is 5. The van der Waals surface area contributed by atoms with Crippen LogP contribution in [0.4, 0.5) is 15.9 Å². The molecule has 2 heterocycles. The zero-order valence-corrected chi connectivity index (χ0v) is 16.6. The molecule has 2 aromatic carbocycles. The summed E-state index contributed by atoms with van der Waals surface area (Å²) in [5, 5.41) is 14.5. The molecule has 0 bridgehead atoms. The van der Waals surface area contributed by atoms with E-state index >= 15 is 0 Å². The monoisotopic (exact) mass is 400 g/mol. The van der Waals surface area contributed by atoms with Crippen molar-refractivity contribution in [1.82, 2.24) is 10.2 Å². The van der Waals surface area contributed by atoms with Crippen LogP contribution < -0.4 is 10.2 Å². The highest BCUT2D eigenvalue weighted by molar-refractivity contribution is 6.31. The van der Waals surface area contributed by atoms with Crippen LogP contribution in [0.1, 0.15) is 24.2 Å². The Balaban J connectivity index is 1.70.